The molecule has 2 aromatic heterocycles. The van der Waals surface area contributed by atoms with Crippen molar-refractivity contribution >= 4 is 28.7 Å². The summed E-state index contributed by atoms with van der Waals surface area (Å²) in [5.41, 5.74) is 3.51. The van der Waals surface area contributed by atoms with Gasteiger partial charge in [-0.1, -0.05) is 18.2 Å². The normalized spacial score (nSPS) is 10.6. The molecule has 4 aromatic rings. The van der Waals surface area contributed by atoms with Crippen molar-refractivity contribution < 1.29 is 14.0 Å². The largest absolute Gasteiger partial charge is 0.326 e. The highest BCUT2D eigenvalue weighted by molar-refractivity contribution is 7.13. The Morgan fingerprint density at radius 2 is 1.77 bits per heavy atom. The van der Waals surface area contributed by atoms with Gasteiger partial charge in [-0.05, 0) is 48.5 Å². The predicted octanol–water partition coefficient (Wildman–Crippen LogP) is 5.61. The third-order valence-electron chi connectivity index (χ3n) is 4.58. The number of hydrogen-bond acceptors (Lipinski definition) is 5. The molecule has 0 spiro atoms. The van der Waals surface area contributed by atoms with Crippen molar-refractivity contribution in [1.82, 2.24) is 9.97 Å². The third kappa shape index (κ3) is 5.26. The van der Waals surface area contributed by atoms with Crippen LogP contribution in [0, 0.1) is 5.82 Å². The van der Waals surface area contributed by atoms with Crippen LogP contribution in [0.3, 0.4) is 0 Å². The van der Waals surface area contributed by atoms with Gasteiger partial charge in [0.2, 0.25) is 5.91 Å². The lowest BCUT2D eigenvalue weighted by molar-refractivity contribution is -0.116. The van der Waals surface area contributed by atoms with Crippen LogP contribution in [-0.2, 0) is 4.79 Å². The van der Waals surface area contributed by atoms with Crippen LogP contribution in [0.2, 0.25) is 0 Å². The average Bonchev–Trinajstić information content (AvgIpc) is 3.29. The molecule has 1 amide bonds. The number of hydrogen-bond donors (Lipinski definition) is 1. The molecule has 0 atom stereocenters. The molecule has 154 valence electrons. The first-order chi connectivity index (χ1) is 15.1. The standard InChI is InChI=1S/C24H18FN3O2S/c25-18-9-7-16(8-10-18)22(29)11-12-23(30)27-19-5-3-4-17(14-19)21-15-31-24(28-21)20-6-1-2-13-26-20/h1-10,13-15H,11-12H2,(H,27,30). The zero-order valence-electron chi connectivity index (χ0n) is 16.4. The molecule has 0 aliphatic heterocycles. The number of halogens is 1. The molecule has 0 unspecified atom stereocenters. The van der Waals surface area contributed by atoms with Crippen LogP contribution in [0.15, 0.2) is 78.3 Å². The SMILES string of the molecule is O=C(CCC(=O)c1ccc(F)cc1)Nc1cccc(-c2csc(-c3ccccn3)n2)c1. The number of benzene rings is 2. The molecule has 0 aliphatic rings. The van der Waals surface area contributed by atoms with E-state index in [2.05, 4.69) is 15.3 Å². The third-order valence-corrected chi connectivity index (χ3v) is 5.44. The number of carbonyl (C=O) groups excluding carboxylic acids is 2. The van der Waals surface area contributed by atoms with Crippen LogP contribution in [0.4, 0.5) is 10.1 Å². The van der Waals surface area contributed by atoms with Gasteiger partial charge in [-0.25, -0.2) is 9.37 Å². The zero-order chi connectivity index (χ0) is 21.6. The number of carbonyl (C=O) groups is 2. The first-order valence-electron chi connectivity index (χ1n) is 9.64. The number of amides is 1. The molecule has 0 saturated carbocycles. The molecule has 5 nitrogen and oxygen atoms in total. The summed E-state index contributed by atoms with van der Waals surface area (Å²) < 4.78 is 13.0. The molecule has 2 heterocycles. The Kier molecular flexibility index (Phi) is 6.24. The molecule has 1 N–H and O–H groups in total. The van der Waals surface area contributed by atoms with Crippen molar-refractivity contribution in [2.24, 2.45) is 0 Å². The van der Waals surface area contributed by atoms with E-state index in [0.29, 0.717) is 11.3 Å². The summed E-state index contributed by atoms with van der Waals surface area (Å²) in [6.07, 6.45) is 1.82. The van der Waals surface area contributed by atoms with Crippen molar-refractivity contribution in [2.75, 3.05) is 5.32 Å². The number of rotatable bonds is 7. The fourth-order valence-corrected chi connectivity index (χ4v) is 3.80. The van der Waals surface area contributed by atoms with Gasteiger partial charge in [0.1, 0.15) is 10.8 Å². The fraction of sp³-hybridized carbons (Fsp3) is 0.0833. The topological polar surface area (TPSA) is 72.0 Å². The predicted molar refractivity (Wildman–Crippen MR) is 119 cm³/mol. The number of nitrogens with one attached hydrogen (secondary N) is 1. The van der Waals surface area contributed by atoms with E-state index in [1.807, 2.05) is 41.8 Å². The van der Waals surface area contributed by atoms with Crippen LogP contribution in [0.5, 0.6) is 0 Å². The second-order valence-corrected chi connectivity index (χ2v) is 7.67. The molecule has 0 saturated heterocycles. The van der Waals surface area contributed by atoms with Gasteiger partial charge in [0.15, 0.2) is 5.78 Å². The van der Waals surface area contributed by atoms with E-state index in [1.54, 1.807) is 12.3 Å². The van der Waals surface area contributed by atoms with Gasteiger partial charge in [-0.3, -0.25) is 14.6 Å². The first-order valence-corrected chi connectivity index (χ1v) is 10.5. The van der Waals surface area contributed by atoms with E-state index < -0.39 is 5.82 Å². The lowest BCUT2D eigenvalue weighted by Crippen LogP contribution is -2.13. The summed E-state index contributed by atoms with van der Waals surface area (Å²) in [6.45, 7) is 0. The number of aromatic nitrogens is 2. The second kappa shape index (κ2) is 9.40. The molecular formula is C24H18FN3O2S. The van der Waals surface area contributed by atoms with Crippen LogP contribution in [0.1, 0.15) is 23.2 Å². The number of nitrogens with zero attached hydrogens (tertiary/aromatic N) is 2. The smallest absolute Gasteiger partial charge is 0.224 e. The number of ketones is 1. The van der Waals surface area contributed by atoms with E-state index in [4.69, 9.17) is 0 Å². The summed E-state index contributed by atoms with van der Waals surface area (Å²) >= 11 is 1.51. The number of anilines is 1. The molecule has 7 heteroatoms. The van der Waals surface area contributed by atoms with Crippen molar-refractivity contribution in [1.29, 1.82) is 0 Å². The summed E-state index contributed by atoms with van der Waals surface area (Å²) in [7, 11) is 0. The minimum Gasteiger partial charge on any atom is -0.326 e. The molecule has 4 rings (SSSR count). The van der Waals surface area contributed by atoms with Crippen LogP contribution in [-0.4, -0.2) is 21.7 Å². The maximum atomic E-state index is 13.0. The van der Waals surface area contributed by atoms with Crippen molar-refractivity contribution in [3.8, 4) is 22.0 Å². The van der Waals surface area contributed by atoms with E-state index in [0.717, 1.165) is 22.0 Å². The van der Waals surface area contributed by atoms with Crippen molar-refractivity contribution in [3.63, 3.8) is 0 Å². The van der Waals surface area contributed by atoms with Gasteiger partial charge in [0.25, 0.3) is 0 Å². The molecule has 0 bridgehead atoms. The van der Waals surface area contributed by atoms with Crippen LogP contribution in [0.25, 0.3) is 22.0 Å². The van der Waals surface area contributed by atoms with Crippen molar-refractivity contribution in [2.45, 2.75) is 12.8 Å². The van der Waals surface area contributed by atoms with Crippen LogP contribution >= 0.6 is 11.3 Å². The van der Waals surface area contributed by atoms with E-state index in [9.17, 15) is 14.0 Å². The fourth-order valence-electron chi connectivity index (χ4n) is 3.00. The number of pyridine rings is 1. The molecule has 0 fully saturated rings. The summed E-state index contributed by atoms with van der Waals surface area (Å²) in [5, 5.41) is 5.59. The highest BCUT2D eigenvalue weighted by Gasteiger charge is 2.11. The number of thiazole rings is 1. The summed E-state index contributed by atoms with van der Waals surface area (Å²) in [6, 6.07) is 18.4. The lowest BCUT2D eigenvalue weighted by atomic mass is 10.1. The Hall–Kier alpha value is -3.71. The Balaban J connectivity index is 1.38. The Labute approximate surface area is 182 Å². The summed E-state index contributed by atoms with van der Waals surface area (Å²) in [4.78, 5) is 33.4. The number of Topliss-reactive ketones (excluding diaryl/α,β-unsaturated/α-hetero) is 1. The highest BCUT2D eigenvalue weighted by atomic mass is 32.1. The molecular weight excluding hydrogens is 413 g/mol. The molecule has 0 radical (unpaired) electrons. The maximum absolute atomic E-state index is 13.0. The quantitative estimate of drug-likeness (QED) is 0.386. The van der Waals surface area contributed by atoms with Crippen LogP contribution < -0.4 is 5.32 Å². The van der Waals surface area contributed by atoms with E-state index >= 15 is 0 Å². The van der Waals surface area contributed by atoms with Gasteiger partial charge in [-0.15, -0.1) is 11.3 Å². The van der Waals surface area contributed by atoms with Gasteiger partial charge in [0.05, 0.1) is 11.4 Å². The molecule has 0 aliphatic carbocycles. The van der Waals surface area contributed by atoms with Gasteiger partial charge in [-0.2, -0.15) is 0 Å². The van der Waals surface area contributed by atoms with Crippen molar-refractivity contribution in [3.05, 3.63) is 89.7 Å². The minimum absolute atomic E-state index is 0.0426. The minimum atomic E-state index is -0.401. The Morgan fingerprint density at radius 1 is 0.935 bits per heavy atom. The maximum Gasteiger partial charge on any atom is 0.224 e. The van der Waals surface area contributed by atoms with Gasteiger partial charge < -0.3 is 5.32 Å². The average molecular weight is 431 g/mol. The van der Waals surface area contributed by atoms with E-state index in [-0.39, 0.29) is 24.5 Å². The second-order valence-electron chi connectivity index (χ2n) is 6.81. The Morgan fingerprint density at radius 3 is 2.55 bits per heavy atom. The van der Waals surface area contributed by atoms with E-state index in [1.165, 1.54) is 35.6 Å². The summed E-state index contributed by atoms with van der Waals surface area (Å²) in [5.74, 6) is -0.866. The Bertz CT molecular complexity index is 1210. The lowest BCUT2D eigenvalue weighted by Gasteiger charge is -2.07. The zero-order valence-corrected chi connectivity index (χ0v) is 17.2. The monoisotopic (exact) mass is 431 g/mol. The first kappa shape index (κ1) is 20.6. The molecule has 2 aromatic carbocycles. The van der Waals surface area contributed by atoms with Gasteiger partial charge in [0, 0.05) is 41.2 Å². The van der Waals surface area contributed by atoms with Gasteiger partial charge >= 0.3 is 0 Å². The molecule has 31 heavy (non-hydrogen) atoms. The highest BCUT2D eigenvalue weighted by Crippen LogP contribution is 2.29.